The van der Waals surface area contributed by atoms with Crippen molar-refractivity contribution in [3.05, 3.63) is 0 Å². The van der Waals surface area contributed by atoms with Crippen LogP contribution in [0, 0.1) is 11.8 Å². The molecule has 0 aromatic rings. The van der Waals surface area contributed by atoms with Crippen LogP contribution in [-0.2, 0) is 4.79 Å². The third-order valence-corrected chi connectivity index (χ3v) is 2.77. The van der Waals surface area contributed by atoms with Crippen molar-refractivity contribution in [2.75, 3.05) is 0 Å². The number of aliphatic hydroxyl groups excluding tert-OH is 1. The van der Waals surface area contributed by atoms with Crippen LogP contribution in [-0.4, -0.2) is 17.0 Å². The highest BCUT2D eigenvalue weighted by Crippen LogP contribution is 2.17. The molecule has 0 aliphatic heterocycles. The lowest BCUT2D eigenvalue weighted by Crippen LogP contribution is -2.25. The van der Waals surface area contributed by atoms with Gasteiger partial charge in [0.2, 0.25) is 0 Å². The highest BCUT2D eigenvalue weighted by Gasteiger charge is 2.18. The molecule has 0 radical (unpaired) electrons. The van der Waals surface area contributed by atoms with E-state index in [2.05, 4.69) is 13.8 Å². The van der Waals surface area contributed by atoms with Gasteiger partial charge in [-0.25, -0.2) is 0 Å². The Bertz CT molecular complexity index is 154. The molecule has 13 heavy (non-hydrogen) atoms. The van der Waals surface area contributed by atoms with E-state index in [0.29, 0.717) is 5.92 Å². The van der Waals surface area contributed by atoms with Gasteiger partial charge >= 0.3 is 0 Å². The first-order valence-electron chi connectivity index (χ1n) is 5.17. The Kier molecular flexibility index (Phi) is 5.97. The molecule has 0 aromatic carbocycles. The van der Waals surface area contributed by atoms with Crippen LogP contribution in [0.15, 0.2) is 0 Å². The van der Waals surface area contributed by atoms with E-state index in [1.54, 1.807) is 0 Å². The number of rotatable bonds is 6. The van der Waals surface area contributed by atoms with Crippen LogP contribution in [0.1, 0.15) is 47.0 Å². The first kappa shape index (κ1) is 12.6. The Hall–Kier alpha value is -0.370. The number of carbonyl (C=O) groups is 1. The number of hydrogen-bond acceptors (Lipinski definition) is 2. The molecule has 2 nitrogen and oxygen atoms in total. The van der Waals surface area contributed by atoms with Gasteiger partial charge in [-0.15, -0.1) is 0 Å². The second-order valence-corrected chi connectivity index (χ2v) is 4.12. The van der Waals surface area contributed by atoms with Crippen LogP contribution in [0.4, 0.5) is 0 Å². The molecule has 0 bridgehead atoms. The summed E-state index contributed by atoms with van der Waals surface area (Å²) in [6, 6.07) is 0. The number of carbonyl (C=O) groups excluding carboxylic acids is 1. The second kappa shape index (κ2) is 6.14. The van der Waals surface area contributed by atoms with E-state index in [4.69, 9.17) is 0 Å². The summed E-state index contributed by atoms with van der Waals surface area (Å²) < 4.78 is 0. The molecule has 0 spiro atoms. The summed E-state index contributed by atoms with van der Waals surface area (Å²) in [5, 5.41) is 9.43. The standard InChI is InChI=1S/C11H22O2/c1-5-8(2)6-7-9(3)11(13)10(4)12/h8-9,11,13H,5-7H2,1-4H3. The lowest BCUT2D eigenvalue weighted by atomic mass is 9.91. The summed E-state index contributed by atoms with van der Waals surface area (Å²) in [7, 11) is 0. The first-order chi connectivity index (χ1) is 5.99. The number of ketones is 1. The topological polar surface area (TPSA) is 37.3 Å². The first-order valence-corrected chi connectivity index (χ1v) is 5.17. The van der Waals surface area contributed by atoms with Gasteiger partial charge in [0.25, 0.3) is 0 Å². The predicted molar refractivity (Wildman–Crippen MR) is 54.5 cm³/mol. The maximum atomic E-state index is 10.8. The molecule has 0 saturated carbocycles. The van der Waals surface area contributed by atoms with E-state index < -0.39 is 6.10 Å². The largest absolute Gasteiger partial charge is 0.385 e. The van der Waals surface area contributed by atoms with Crippen LogP contribution in [0.25, 0.3) is 0 Å². The zero-order valence-corrected chi connectivity index (χ0v) is 9.21. The van der Waals surface area contributed by atoms with Crippen molar-refractivity contribution < 1.29 is 9.90 Å². The fourth-order valence-corrected chi connectivity index (χ4v) is 1.31. The molecule has 0 heterocycles. The third kappa shape index (κ3) is 5.04. The zero-order valence-electron chi connectivity index (χ0n) is 9.21. The molecule has 0 fully saturated rings. The lowest BCUT2D eigenvalue weighted by Gasteiger charge is -2.17. The molecule has 0 saturated heterocycles. The summed E-state index contributed by atoms with van der Waals surface area (Å²) in [5.41, 5.74) is 0. The molecule has 3 atom stereocenters. The highest BCUT2D eigenvalue weighted by atomic mass is 16.3. The third-order valence-electron chi connectivity index (χ3n) is 2.77. The van der Waals surface area contributed by atoms with Gasteiger partial charge in [-0.2, -0.15) is 0 Å². The molecule has 2 heteroatoms. The number of Topliss-reactive ketones (excluding diaryl/α,β-unsaturated/α-hetero) is 1. The Labute approximate surface area is 81.3 Å². The van der Waals surface area contributed by atoms with E-state index in [9.17, 15) is 9.90 Å². The summed E-state index contributed by atoms with van der Waals surface area (Å²) in [6.45, 7) is 7.75. The minimum absolute atomic E-state index is 0.103. The van der Waals surface area contributed by atoms with Gasteiger partial charge in [0.1, 0.15) is 6.10 Å². The Morgan fingerprint density at radius 2 is 1.85 bits per heavy atom. The minimum Gasteiger partial charge on any atom is -0.385 e. The molecule has 78 valence electrons. The van der Waals surface area contributed by atoms with Crippen LogP contribution < -0.4 is 0 Å². The Morgan fingerprint density at radius 1 is 1.31 bits per heavy atom. The monoisotopic (exact) mass is 186 g/mol. The molecule has 0 aliphatic carbocycles. The van der Waals surface area contributed by atoms with Crippen molar-refractivity contribution in [2.24, 2.45) is 11.8 Å². The molecule has 1 N–H and O–H groups in total. The fraction of sp³-hybridized carbons (Fsp3) is 0.909. The van der Waals surface area contributed by atoms with Gasteiger partial charge < -0.3 is 5.11 Å². The van der Waals surface area contributed by atoms with Crippen molar-refractivity contribution >= 4 is 5.78 Å². The molecular formula is C11H22O2. The lowest BCUT2D eigenvalue weighted by molar-refractivity contribution is -0.127. The van der Waals surface area contributed by atoms with E-state index in [1.807, 2.05) is 6.92 Å². The molecule has 0 aromatic heterocycles. The van der Waals surface area contributed by atoms with Crippen molar-refractivity contribution in [1.82, 2.24) is 0 Å². The Balaban J connectivity index is 3.73. The van der Waals surface area contributed by atoms with Gasteiger partial charge in [-0.05, 0) is 25.2 Å². The van der Waals surface area contributed by atoms with Crippen molar-refractivity contribution in [1.29, 1.82) is 0 Å². The van der Waals surface area contributed by atoms with Crippen molar-refractivity contribution in [3.8, 4) is 0 Å². The van der Waals surface area contributed by atoms with Crippen molar-refractivity contribution in [3.63, 3.8) is 0 Å². The van der Waals surface area contributed by atoms with Gasteiger partial charge in [-0.3, -0.25) is 4.79 Å². The summed E-state index contributed by atoms with van der Waals surface area (Å²) >= 11 is 0. The Morgan fingerprint density at radius 3 is 2.23 bits per heavy atom. The molecule has 0 amide bonds. The zero-order chi connectivity index (χ0) is 10.4. The predicted octanol–water partition coefficient (Wildman–Crippen LogP) is 2.40. The maximum Gasteiger partial charge on any atom is 0.158 e. The average Bonchev–Trinajstić information content (AvgIpc) is 2.11. The van der Waals surface area contributed by atoms with E-state index in [0.717, 1.165) is 12.8 Å². The van der Waals surface area contributed by atoms with Crippen LogP contribution in [0.2, 0.25) is 0 Å². The normalized spacial score (nSPS) is 17.9. The van der Waals surface area contributed by atoms with Gasteiger partial charge in [0, 0.05) is 0 Å². The van der Waals surface area contributed by atoms with Gasteiger partial charge in [-0.1, -0.05) is 33.6 Å². The van der Waals surface area contributed by atoms with E-state index in [-0.39, 0.29) is 11.7 Å². The SMILES string of the molecule is CCC(C)CCC(C)C(O)C(C)=O. The molecular weight excluding hydrogens is 164 g/mol. The van der Waals surface area contributed by atoms with E-state index >= 15 is 0 Å². The summed E-state index contributed by atoms with van der Waals surface area (Å²) in [4.78, 5) is 10.8. The van der Waals surface area contributed by atoms with Crippen LogP contribution in [0.5, 0.6) is 0 Å². The van der Waals surface area contributed by atoms with Crippen LogP contribution >= 0.6 is 0 Å². The molecule has 0 rings (SSSR count). The molecule has 0 aliphatic rings. The quantitative estimate of drug-likeness (QED) is 0.691. The smallest absolute Gasteiger partial charge is 0.158 e. The second-order valence-electron chi connectivity index (χ2n) is 4.12. The fourth-order valence-electron chi connectivity index (χ4n) is 1.31. The number of aliphatic hydroxyl groups is 1. The average molecular weight is 186 g/mol. The van der Waals surface area contributed by atoms with Crippen LogP contribution in [0.3, 0.4) is 0 Å². The number of hydrogen-bond donors (Lipinski definition) is 1. The highest BCUT2D eigenvalue weighted by molar-refractivity contribution is 5.80. The summed E-state index contributed by atoms with van der Waals surface area (Å²) in [6.07, 6.45) is 2.45. The summed E-state index contributed by atoms with van der Waals surface area (Å²) in [5.74, 6) is 0.685. The van der Waals surface area contributed by atoms with Gasteiger partial charge in [0.05, 0.1) is 0 Å². The minimum atomic E-state index is -0.760. The maximum absolute atomic E-state index is 10.8. The van der Waals surface area contributed by atoms with Crippen molar-refractivity contribution in [2.45, 2.75) is 53.1 Å². The van der Waals surface area contributed by atoms with Gasteiger partial charge in [0.15, 0.2) is 5.78 Å². The van der Waals surface area contributed by atoms with E-state index in [1.165, 1.54) is 13.3 Å². The molecule has 3 unspecified atom stereocenters.